The van der Waals surface area contributed by atoms with Crippen LogP contribution in [0.2, 0.25) is 5.02 Å². The molecule has 0 fully saturated rings. The monoisotopic (exact) mass is 427 g/mol. The number of imidazole rings is 1. The van der Waals surface area contributed by atoms with Gasteiger partial charge in [-0.2, -0.15) is 0 Å². The van der Waals surface area contributed by atoms with Crippen molar-refractivity contribution >= 4 is 44.4 Å². The maximum Gasteiger partial charge on any atom is 0.335 e. The summed E-state index contributed by atoms with van der Waals surface area (Å²) in [5.74, 6) is -0.994. The van der Waals surface area contributed by atoms with Crippen molar-refractivity contribution in [3.63, 3.8) is 0 Å². The molecule has 0 saturated heterocycles. The fourth-order valence-electron chi connectivity index (χ4n) is 2.81. The summed E-state index contributed by atoms with van der Waals surface area (Å²) in [4.78, 5) is 20.2. The van der Waals surface area contributed by atoms with E-state index in [1.165, 1.54) is 0 Å². The van der Waals surface area contributed by atoms with E-state index in [-0.39, 0.29) is 5.56 Å². The number of halogens is 2. The van der Waals surface area contributed by atoms with Crippen LogP contribution in [0.5, 0.6) is 0 Å². The number of aromatic nitrogens is 3. The molecule has 0 saturated carbocycles. The largest absolute Gasteiger partial charge is 0.478 e. The van der Waals surface area contributed by atoms with Crippen LogP contribution in [0.4, 0.5) is 0 Å². The van der Waals surface area contributed by atoms with Crippen molar-refractivity contribution in [2.45, 2.75) is 0 Å². The van der Waals surface area contributed by atoms with Crippen molar-refractivity contribution in [1.82, 2.24) is 14.5 Å². The SMILES string of the molecule is O=C(O)c1cc(Br)cc(-c2cc(-n3ccnc3)c3ccc(Cl)cc3n2)c1. The highest BCUT2D eigenvalue weighted by Crippen LogP contribution is 2.31. The molecule has 2 heterocycles. The van der Waals surface area contributed by atoms with Gasteiger partial charge in [0.1, 0.15) is 0 Å². The van der Waals surface area contributed by atoms with Gasteiger partial charge in [0.25, 0.3) is 0 Å². The van der Waals surface area contributed by atoms with Gasteiger partial charge in [-0.25, -0.2) is 14.8 Å². The van der Waals surface area contributed by atoms with E-state index in [1.807, 2.05) is 35.0 Å². The van der Waals surface area contributed by atoms with Crippen molar-refractivity contribution in [1.29, 1.82) is 0 Å². The van der Waals surface area contributed by atoms with Gasteiger partial charge in [-0.3, -0.25) is 0 Å². The molecule has 4 aromatic rings. The molecule has 0 unspecified atom stereocenters. The molecule has 0 radical (unpaired) electrons. The Bertz CT molecular complexity index is 1140. The van der Waals surface area contributed by atoms with Crippen LogP contribution in [-0.2, 0) is 0 Å². The Morgan fingerprint density at radius 3 is 2.73 bits per heavy atom. The zero-order chi connectivity index (χ0) is 18.3. The van der Waals surface area contributed by atoms with Crippen molar-refractivity contribution in [3.8, 4) is 16.9 Å². The van der Waals surface area contributed by atoms with E-state index in [4.69, 9.17) is 11.6 Å². The number of aromatic carboxylic acids is 1. The summed E-state index contributed by atoms with van der Waals surface area (Å²) >= 11 is 9.51. The average Bonchev–Trinajstić information content (AvgIpc) is 3.14. The normalized spacial score (nSPS) is 11.0. The molecule has 0 atom stereocenters. The predicted molar refractivity (Wildman–Crippen MR) is 104 cm³/mol. The van der Waals surface area contributed by atoms with E-state index in [9.17, 15) is 9.90 Å². The smallest absolute Gasteiger partial charge is 0.335 e. The maximum atomic E-state index is 11.4. The summed E-state index contributed by atoms with van der Waals surface area (Å²) in [5.41, 5.74) is 3.13. The zero-order valence-corrected chi connectivity index (χ0v) is 15.6. The first kappa shape index (κ1) is 16.8. The zero-order valence-electron chi connectivity index (χ0n) is 13.2. The summed E-state index contributed by atoms with van der Waals surface area (Å²) in [6.07, 6.45) is 5.25. The van der Waals surface area contributed by atoms with E-state index < -0.39 is 5.97 Å². The number of carbonyl (C=O) groups is 1. The second kappa shape index (κ2) is 6.55. The number of hydrogen-bond donors (Lipinski definition) is 1. The lowest BCUT2D eigenvalue weighted by molar-refractivity contribution is 0.0697. The number of rotatable bonds is 3. The molecule has 1 N–H and O–H groups in total. The number of benzene rings is 2. The summed E-state index contributed by atoms with van der Waals surface area (Å²) < 4.78 is 2.56. The quantitative estimate of drug-likeness (QED) is 0.487. The highest BCUT2D eigenvalue weighted by molar-refractivity contribution is 9.10. The summed E-state index contributed by atoms with van der Waals surface area (Å²) in [7, 11) is 0. The molecule has 4 rings (SSSR count). The van der Waals surface area contributed by atoms with Crippen LogP contribution >= 0.6 is 27.5 Å². The third-order valence-electron chi connectivity index (χ3n) is 3.97. The van der Waals surface area contributed by atoms with Crippen LogP contribution in [-0.4, -0.2) is 25.6 Å². The number of carboxylic acid groups (broad SMARTS) is 1. The topological polar surface area (TPSA) is 68.0 Å². The molecule has 0 aliphatic rings. The van der Waals surface area contributed by atoms with Crippen LogP contribution in [0, 0.1) is 0 Å². The summed E-state index contributed by atoms with van der Waals surface area (Å²) in [5, 5.41) is 10.8. The lowest BCUT2D eigenvalue weighted by Gasteiger charge is -2.12. The molecule has 5 nitrogen and oxygen atoms in total. The minimum atomic E-state index is -0.994. The highest BCUT2D eigenvalue weighted by atomic mass is 79.9. The van der Waals surface area contributed by atoms with Crippen molar-refractivity contribution in [3.05, 3.63) is 76.2 Å². The molecule has 26 heavy (non-hydrogen) atoms. The Morgan fingerprint density at radius 1 is 1.15 bits per heavy atom. The standard InChI is InChI=1S/C19H11BrClN3O2/c20-13-6-11(5-12(7-13)19(25)26)16-9-18(24-4-3-22-10-24)15-2-1-14(21)8-17(15)23-16/h1-10H,(H,25,26). The Hall–Kier alpha value is -2.70. The summed E-state index contributed by atoms with van der Waals surface area (Å²) in [6.45, 7) is 0. The van der Waals surface area contributed by atoms with E-state index >= 15 is 0 Å². The number of nitrogens with zero attached hydrogens (tertiary/aromatic N) is 3. The summed E-state index contributed by atoms with van der Waals surface area (Å²) in [6, 6.07) is 12.4. The van der Waals surface area contributed by atoms with Gasteiger partial charge < -0.3 is 9.67 Å². The van der Waals surface area contributed by atoms with Crippen LogP contribution < -0.4 is 0 Å². The Balaban J connectivity index is 2.01. The van der Waals surface area contributed by atoms with Gasteiger partial charge in [-0.1, -0.05) is 27.5 Å². The van der Waals surface area contributed by atoms with E-state index in [0.29, 0.717) is 20.8 Å². The third-order valence-corrected chi connectivity index (χ3v) is 4.67. The molecule has 7 heteroatoms. The first-order chi connectivity index (χ1) is 12.5. The molecular weight excluding hydrogens is 418 g/mol. The molecule has 2 aromatic carbocycles. The number of carboxylic acids is 1. The van der Waals surface area contributed by atoms with E-state index in [1.54, 1.807) is 30.7 Å². The Kier molecular flexibility index (Phi) is 4.22. The van der Waals surface area contributed by atoms with E-state index in [2.05, 4.69) is 25.9 Å². The fourth-order valence-corrected chi connectivity index (χ4v) is 3.47. The highest BCUT2D eigenvalue weighted by Gasteiger charge is 2.13. The average molecular weight is 429 g/mol. The Labute approximate surface area is 162 Å². The van der Waals surface area contributed by atoms with Crippen molar-refractivity contribution in [2.75, 3.05) is 0 Å². The number of fused-ring (bicyclic) bond motifs is 1. The second-order valence-corrected chi connectivity index (χ2v) is 7.04. The molecule has 128 valence electrons. The van der Waals surface area contributed by atoms with Gasteiger partial charge in [0.05, 0.1) is 28.8 Å². The van der Waals surface area contributed by atoms with Gasteiger partial charge >= 0.3 is 5.97 Å². The van der Waals surface area contributed by atoms with Crippen LogP contribution in [0.15, 0.2) is 65.7 Å². The number of hydrogen-bond acceptors (Lipinski definition) is 3. The molecule has 2 aromatic heterocycles. The molecular formula is C19H11BrClN3O2. The molecule has 0 spiro atoms. The van der Waals surface area contributed by atoms with E-state index in [0.717, 1.165) is 16.6 Å². The third kappa shape index (κ3) is 3.09. The predicted octanol–water partition coefficient (Wildman–Crippen LogP) is 5.20. The van der Waals surface area contributed by atoms with Gasteiger partial charge in [0.2, 0.25) is 0 Å². The number of pyridine rings is 1. The minimum Gasteiger partial charge on any atom is -0.478 e. The molecule has 0 aliphatic heterocycles. The second-order valence-electron chi connectivity index (χ2n) is 5.69. The van der Waals surface area contributed by atoms with Gasteiger partial charge in [0, 0.05) is 32.8 Å². The first-order valence-electron chi connectivity index (χ1n) is 7.64. The lowest BCUT2D eigenvalue weighted by Crippen LogP contribution is -1.99. The Morgan fingerprint density at radius 2 is 2.00 bits per heavy atom. The van der Waals surface area contributed by atoms with Crippen LogP contribution in [0.1, 0.15) is 10.4 Å². The lowest BCUT2D eigenvalue weighted by atomic mass is 10.0. The van der Waals surface area contributed by atoms with Gasteiger partial charge in [-0.15, -0.1) is 0 Å². The molecule has 0 aliphatic carbocycles. The van der Waals surface area contributed by atoms with Crippen LogP contribution in [0.25, 0.3) is 27.8 Å². The van der Waals surface area contributed by atoms with Gasteiger partial charge in [-0.05, 0) is 42.5 Å². The van der Waals surface area contributed by atoms with Crippen molar-refractivity contribution < 1.29 is 9.90 Å². The molecule has 0 amide bonds. The van der Waals surface area contributed by atoms with Gasteiger partial charge in [0.15, 0.2) is 0 Å². The van der Waals surface area contributed by atoms with Crippen molar-refractivity contribution in [2.24, 2.45) is 0 Å². The first-order valence-corrected chi connectivity index (χ1v) is 8.81. The fraction of sp³-hybridized carbons (Fsp3) is 0. The van der Waals surface area contributed by atoms with Crippen LogP contribution in [0.3, 0.4) is 0 Å². The minimum absolute atomic E-state index is 0.187. The maximum absolute atomic E-state index is 11.4. The molecule has 0 bridgehead atoms.